The molecule has 0 unspecified atom stereocenters. The third-order valence-electron chi connectivity index (χ3n) is 3.99. The summed E-state index contributed by atoms with van der Waals surface area (Å²) in [6.07, 6.45) is 1.57. The van der Waals surface area contributed by atoms with Crippen molar-refractivity contribution in [3.05, 3.63) is 71.0 Å². The predicted octanol–water partition coefficient (Wildman–Crippen LogP) is 3.64. The van der Waals surface area contributed by atoms with E-state index in [9.17, 15) is 9.59 Å². The van der Waals surface area contributed by atoms with E-state index < -0.39 is 18.5 Å². The van der Waals surface area contributed by atoms with Crippen LogP contribution >= 0.6 is 11.6 Å². The summed E-state index contributed by atoms with van der Waals surface area (Å²) in [5.74, 6) is -0.996. The Morgan fingerprint density at radius 1 is 1.14 bits per heavy atom. The lowest BCUT2D eigenvalue weighted by Crippen LogP contribution is -2.21. The van der Waals surface area contributed by atoms with E-state index in [0.717, 1.165) is 11.3 Å². The lowest BCUT2D eigenvalue weighted by Gasteiger charge is -2.09. The van der Waals surface area contributed by atoms with Crippen molar-refractivity contribution in [1.29, 1.82) is 0 Å². The van der Waals surface area contributed by atoms with Crippen LogP contribution in [0.5, 0.6) is 5.75 Å². The summed E-state index contributed by atoms with van der Waals surface area (Å²) in [5.41, 5.74) is 2.03. The van der Waals surface area contributed by atoms with E-state index in [2.05, 4.69) is 10.4 Å². The number of aromatic nitrogens is 2. The standard InChI is InChI=1S/C20H18ClN3O4/c1-13-15(21)9-6-10-16(13)22-18(25)12-28-20(26)19-17(27-2)11-24(23-19)14-7-4-3-5-8-14/h3-11H,12H2,1-2H3,(H,22,25). The molecule has 0 saturated carbocycles. The predicted molar refractivity (Wildman–Crippen MR) is 105 cm³/mol. The lowest BCUT2D eigenvalue weighted by molar-refractivity contribution is -0.119. The lowest BCUT2D eigenvalue weighted by atomic mass is 10.2. The van der Waals surface area contributed by atoms with Gasteiger partial charge in [0.05, 0.1) is 19.0 Å². The van der Waals surface area contributed by atoms with E-state index in [1.807, 2.05) is 30.3 Å². The number of para-hydroxylation sites is 1. The van der Waals surface area contributed by atoms with Gasteiger partial charge in [0.2, 0.25) is 5.69 Å². The molecule has 0 aliphatic carbocycles. The van der Waals surface area contributed by atoms with Gasteiger partial charge in [-0.25, -0.2) is 9.48 Å². The Hall–Kier alpha value is -3.32. The van der Waals surface area contributed by atoms with Crippen molar-refractivity contribution in [2.24, 2.45) is 0 Å². The van der Waals surface area contributed by atoms with Crippen molar-refractivity contribution >= 4 is 29.2 Å². The van der Waals surface area contributed by atoms with Crippen LogP contribution in [0, 0.1) is 6.92 Å². The Morgan fingerprint density at radius 3 is 2.61 bits per heavy atom. The van der Waals surface area contributed by atoms with Gasteiger partial charge in [-0.05, 0) is 36.8 Å². The van der Waals surface area contributed by atoms with Crippen molar-refractivity contribution in [1.82, 2.24) is 9.78 Å². The molecule has 0 fully saturated rings. The summed E-state index contributed by atoms with van der Waals surface area (Å²) in [6, 6.07) is 14.4. The number of nitrogens with one attached hydrogen (secondary N) is 1. The molecule has 8 heteroatoms. The summed E-state index contributed by atoms with van der Waals surface area (Å²) in [4.78, 5) is 24.5. The topological polar surface area (TPSA) is 82.5 Å². The Bertz CT molecular complexity index is 1000. The molecule has 1 heterocycles. The summed E-state index contributed by atoms with van der Waals surface area (Å²) in [5, 5.41) is 7.40. The van der Waals surface area contributed by atoms with Gasteiger partial charge < -0.3 is 14.8 Å². The molecule has 144 valence electrons. The van der Waals surface area contributed by atoms with E-state index >= 15 is 0 Å². The molecule has 2 aromatic carbocycles. The number of ether oxygens (including phenoxy) is 2. The molecule has 1 aromatic heterocycles. The monoisotopic (exact) mass is 399 g/mol. The van der Waals surface area contributed by atoms with Crippen LogP contribution in [-0.2, 0) is 9.53 Å². The van der Waals surface area contributed by atoms with E-state index in [1.165, 1.54) is 11.8 Å². The Balaban J connectivity index is 1.67. The van der Waals surface area contributed by atoms with Gasteiger partial charge in [0.1, 0.15) is 0 Å². The molecular weight excluding hydrogens is 382 g/mol. The summed E-state index contributed by atoms with van der Waals surface area (Å²) >= 11 is 6.03. The second-order valence-corrected chi connectivity index (χ2v) is 6.27. The quantitative estimate of drug-likeness (QED) is 0.640. The minimum atomic E-state index is -0.760. The fraction of sp³-hybridized carbons (Fsp3) is 0.150. The first-order valence-electron chi connectivity index (χ1n) is 8.40. The van der Waals surface area contributed by atoms with Gasteiger partial charge >= 0.3 is 5.97 Å². The Kier molecular flexibility index (Phi) is 5.96. The first-order valence-corrected chi connectivity index (χ1v) is 8.78. The van der Waals surface area contributed by atoms with E-state index in [1.54, 1.807) is 31.3 Å². The third kappa shape index (κ3) is 4.32. The summed E-state index contributed by atoms with van der Waals surface area (Å²) in [6.45, 7) is 1.32. The molecule has 1 N–H and O–H groups in total. The minimum absolute atomic E-state index is 0.0157. The highest BCUT2D eigenvalue weighted by molar-refractivity contribution is 6.31. The second-order valence-electron chi connectivity index (χ2n) is 5.86. The van der Waals surface area contributed by atoms with Crippen molar-refractivity contribution in [3.63, 3.8) is 0 Å². The maximum atomic E-state index is 12.4. The third-order valence-corrected chi connectivity index (χ3v) is 4.40. The van der Waals surface area contributed by atoms with Crippen LogP contribution in [0.4, 0.5) is 5.69 Å². The van der Waals surface area contributed by atoms with Crippen LogP contribution < -0.4 is 10.1 Å². The number of carbonyl (C=O) groups is 2. The highest BCUT2D eigenvalue weighted by atomic mass is 35.5. The molecule has 0 aliphatic heterocycles. The van der Waals surface area contributed by atoms with Crippen LogP contribution in [0.2, 0.25) is 5.02 Å². The fourth-order valence-corrected chi connectivity index (χ4v) is 2.67. The smallest absolute Gasteiger partial charge is 0.363 e. The van der Waals surface area contributed by atoms with Gasteiger partial charge in [0.25, 0.3) is 5.91 Å². The number of rotatable bonds is 6. The fourth-order valence-electron chi connectivity index (χ4n) is 2.49. The molecule has 0 aliphatic rings. The van der Waals surface area contributed by atoms with Gasteiger partial charge in [-0.3, -0.25) is 4.79 Å². The highest BCUT2D eigenvalue weighted by Crippen LogP contribution is 2.23. The molecule has 0 radical (unpaired) electrons. The van der Waals surface area contributed by atoms with Crippen LogP contribution in [0.1, 0.15) is 16.1 Å². The van der Waals surface area contributed by atoms with Crippen LogP contribution in [-0.4, -0.2) is 35.4 Å². The van der Waals surface area contributed by atoms with Gasteiger partial charge in [-0.15, -0.1) is 0 Å². The SMILES string of the molecule is COc1cn(-c2ccccc2)nc1C(=O)OCC(=O)Nc1cccc(Cl)c1C. The van der Waals surface area contributed by atoms with E-state index in [4.69, 9.17) is 21.1 Å². The zero-order valence-corrected chi connectivity index (χ0v) is 16.1. The molecule has 0 bridgehead atoms. The molecule has 28 heavy (non-hydrogen) atoms. The molecule has 7 nitrogen and oxygen atoms in total. The van der Waals surface area contributed by atoms with Gasteiger partial charge in [-0.2, -0.15) is 5.10 Å². The normalized spacial score (nSPS) is 10.4. The van der Waals surface area contributed by atoms with E-state index in [-0.39, 0.29) is 11.4 Å². The Labute approximate surface area is 166 Å². The molecule has 1 amide bonds. The number of amides is 1. The largest absolute Gasteiger partial charge is 0.493 e. The molecule has 0 saturated heterocycles. The minimum Gasteiger partial charge on any atom is -0.493 e. The average molecular weight is 400 g/mol. The molecule has 0 atom stereocenters. The van der Waals surface area contributed by atoms with Crippen LogP contribution in [0.25, 0.3) is 5.69 Å². The number of benzene rings is 2. The number of nitrogens with zero attached hydrogens (tertiary/aromatic N) is 2. The first-order chi connectivity index (χ1) is 13.5. The number of halogens is 1. The maximum absolute atomic E-state index is 12.4. The first kappa shape index (κ1) is 19.4. The van der Waals surface area contributed by atoms with Crippen molar-refractivity contribution < 1.29 is 19.1 Å². The summed E-state index contributed by atoms with van der Waals surface area (Å²) in [7, 11) is 1.43. The van der Waals surface area contributed by atoms with Crippen molar-refractivity contribution in [2.45, 2.75) is 6.92 Å². The molecular formula is C20H18ClN3O4. The van der Waals surface area contributed by atoms with Gasteiger partial charge in [0, 0.05) is 10.7 Å². The van der Waals surface area contributed by atoms with Gasteiger partial charge in [0.15, 0.2) is 12.4 Å². The number of carbonyl (C=O) groups excluding carboxylic acids is 2. The molecule has 0 spiro atoms. The second kappa shape index (κ2) is 8.58. The Morgan fingerprint density at radius 2 is 1.89 bits per heavy atom. The van der Waals surface area contributed by atoms with Crippen molar-refractivity contribution in [2.75, 3.05) is 19.0 Å². The number of hydrogen-bond acceptors (Lipinski definition) is 5. The number of anilines is 1. The molecule has 3 aromatic rings. The maximum Gasteiger partial charge on any atom is 0.363 e. The van der Waals surface area contributed by atoms with Gasteiger partial charge in [-0.1, -0.05) is 35.9 Å². The zero-order valence-electron chi connectivity index (χ0n) is 15.3. The number of methoxy groups -OCH3 is 1. The number of hydrogen-bond donors (Lipinski definition) is 1. The average Bonchev–Trinajstić information content (AvgIpc) is 3.15. The van der Waals surface area contributed by atoms with Crippen LogP contribution in [0.3, 0.4) is 0 Å². The highest BCUT2D eigenvalue weighted by Gasteiger charge is 2.21. The molecule has 3 rings (SSSR count). The number of esters is 1. The zero-order chi connectivity index (χ0) is 20.1. The van der Waals surface area contributed by atoms with Crippen molar-refractivity contribution in [3.8, 4) is 11.4 Å². The summed E-state index contributed by atoms with van der Waals surface area (Å²) < 4.78 is 11.8. The van der Waals surface area contributed by atoms with Crippen LogP contribution in [0.15, 0.2) is 54.7 Å². The van der Waals surface area contributed by atoms with E-state index in [0.29, 0.717) is 10.7 Å².